The van der Waals surface area contributed by atoms with E-state index in [1.54, 1.807) is 19.1 Å². The number of rotatable bonds is 8. The molecule has 9 nitrogen and oxygen atoms in total. The number of hydrazone groups is 1. The maximum atomic E-state index is 14.5. The van der Waals surface area contributed by atoms with Gasteiger partial charge in [0, 0.05) is 22.7 Å². The number of sulfonamides is 1. The minimum Gasteiger partial charge on any atom is -0.271 e. The van der Waals surface area contributed by atoms with E-state index in [0.29, 0.717) is 4.31 Å². The fourth-order valence-corrected chi connectivity index (χ4v) is 4.47. The highest BCUT2D eigenvalue weighted by atomic mass is 35.5. The van der Waals surface area contributed by atoms with Crippen molar-refractivity contribution in [2.75, 3.05) is 10.8 Å². The van der Waals surface area contributed by atoms with Crippen LogP contribution in [0.15, 0.2) is 76.7 Å². The number of aryl methyl sites for hydroxylation is 1. The number of anilines is 1. The average Bonchev–Trinajstić information content (AvgIpc) is 2.79. The normalized spacial score (nSPS) is 11.4. The zero-order valence-electron chi connectivity index (χ0n) is 17.7. The maximum Gasteiger partial charge on any atom is 0.270 e. The molecule has 0 aliphatic carbocycles. The molecular formula is C22H18ClFN4O5S. The van der Waals surface area contributed by atoms with Gasteiger partial charge in [0.1, 0.15) is 12.4 Å². The van der Waals surface area contributed by atoms with Crippen molar-refractivity contribution in [1.29, 1.82) is 0 Å². The van der Waals surface area contributed by atoms with E-state index < -0.39 is 33.2 Å². The van der Waals surface area contributed by atoms with Crippen molar-refractivity contribution >= 4 is 45.1 Å². The Labute approximate surface area is 199 Å². The van der Waals surface area contributed by atoms with E-state index in [9.17, 15) is 27.7 Å². The van der Waals surface area contributed by atoms with Gasteiger partial charge in [0.05, 0.1) is 21.7 Å². The quantitative estimate of drug-likeness (QED) is 0.282. The number of halogens is 2. The van der Waals surface area contributed by atoms with E-state index in [-0.39, 0.29) is 26.9 Å². The fraction of sp³-hybridized carbons (Fsp3) is 0.0909. The molecule has 0 atom stereocenters. The Morgan fingerprint density at radius 1 is 1.18 bits per heavy atom. The largest absolute Gasteiger partial charge is 0.271 e. The van der Waals surface area contributed by atoms with Crippen LogP contribution in [0.4, 0.5) is 15.8 Å². The number of benzene rings is 3. The number of carbonyl (C=O) groups excluding carboxylic acids is 1. The van der Waals surface area contributed by atoms with Crippen molar-refractivity contribution in [3.8, 4) is 0 Å². The number of nitro benzene ring substituents is 1. The Morgan fingerprint density at radius 3 is 2.50 bits per heavy atom. The van der Waals surface area contributed by atoms with E-state index in [2.05, 4.69) is 10.5 Å². The standard InChI is InChI=1S/C22H18ClFN4O5S/c1-15-6-9-18(10-7-15)34(32,33)27(21-5-3-2-4-20(21)24)14-22(29)26-25-13-16-12-17(28(30)31)8-11-19(16)23/h2-13H,14H2,1H3,(H,26,29)/b25-13+. The summed E-state index contributed by atoms with van der Waals surface area (Å²) in [5.41, 5.74) is 2.57. The van der Waals surface area contributed by atoms with Crippen LogP contribution >= 0.6 is 11.6 Å². The van der Waals surface area contributed by atoms with Crippen molar-refractivity contribution in [3.63, 3.8) is 0 Å². The molecule has 0 radical (unpaired) electrons. The monoisotopic (exact) mass is 504 g/mol. The van der Waals surface area contributed by atoms with Crippen LogP contribution in [0.2, 0.25) is 5.02 Å². The molecule has 1 N–H and O–H groups in total. The molecule has 0 saturated heterocycles. The van der Waals surface area contributed by atoms with Crippen molar-refractivity contribution in [3.05, 3.63) is 98.8 Å². The summed E-state index contributed by atoms with van der Waals surface area (Å²) in [6.07, 6.45) is 1.08. The molecule has 0 bridgehead atoms. The van der Waals surface area contributed by atoms with Crippen molar-refractivity contribution in [2.45, 2.75) is 11.8 Å². The van der Waals surface area contributed by atoms with Gasteiger partial charge in [0.15, 0.2) is 0 Å². The molecule has 3 aromatic rings. The first-order valence-corrected chi connectivity index (χ1v) is 11.5. The smallest absolute Gasteiger partial charge is 0.270 e. The van der Waals surface area contributed by atoms with Gasteiger partial charge in [-0.2, -0.15) is 5.10 Å². The average molecular weight is 505 g/mol. The summed E-state index contributed by atoms with van der Waals surface area (Å²) in [6.45, 7) is 1.00. The van der Waals surface area contributed by atoms with Crippen LogP contribution in [0, 0.1) is 22.9 Å². The molecule has 12 heteroatoms. The third kappa shape index (κ3) is 5.74. The number of hydrogen-bond donors (Lipinski definition) is 1. The molecule has 1 amide bonds. The topological polar surface area (TPSA) is 122 Å². The minimum absolute atomic E-state index is 0.124. The van der Waals surface area contributed by atoms with E-state index in [0.717, 1.165) is 23.9 Å². The number of para-hydroxylation sites is 1. The van der Waals surface area contributed by atoms with Gasteiger partial charge in [-0.3, -0.25) is 19.2 Å². The second-order valence-corrected chi connectivity index (χ2v) is 9.30. The van der Waals surface area contributed by atoms with Gasteiger partial charge in [-0.25, -0.2) is 18.2 Å². The first-order valence-electron chi connectivity index (χ1n) is 9.69. The van der Waals surface area contributed by atoms with E-state index in [4.69, 9.17) is 11.6 Å². The fourth-order valence-electron chi connectivity index (χ4n) is 2.87. The predicted molar refractivity (Wildman–Crippen MR) is 126 cm³/mol. The number of amides is 1. The number of nitrogens with one attached hydrogen (secondary N) is 1. The number of nitrogens with zero attached hydrogens (tertiary/aromatic N) is 3. The van der Waals surface area contributed by atoms with Crippen molar-refractivity contribution < 1.29 is 22.5 Å². The van der Waals surface area contributed by atoms with Crippen molar-refractivity contribution in [2.24, 2.45) is 5.10 Å². The molecule has 0 aromatic heterocycles. The second kappa shape index (κ2) is 10.4. The van der Waals surface area contributed by atoms with E-state index in [1.807, 2.05) is 0 Å². The Hall–Kier alpha value is -3.83. The zero-order valence-corrected chi connectivity index (χ0v) is 19.3. The first-order chi connectivity index (χ1) is 16.1. The number of non-ortho nitro benzene ring substituents is 1. The second-order valence-electron chi connectivity index (χ2n) is 7.03. The SMILES string of the molecule is Cc1ccc(S(=O)(=O)N(CC(=O)N/N=C/c2cc([N+](=O)[O-])ccc2Cl)c2ccccc2F)cc1. The van der Waals surface area contributed by atoms with Crippen LogP contribution in [0.3, 0.4) is 0 Å². The molecule has 0 heterocycles. The lowest BCUT2D eigenvalue weighted by atomic mass is 10.2. The maximum absolute atomic E-state index is 14.5. The lowest BCUT2D eigenvalue weighted by molar-refractivity contribution is -0.384. The zero-order chi connectivity index (χ0) is 24.9. The van der Waals surface area contributed by atoms with Gasteiger partial charge in [0.25, 0.3) is 21.6 Å². The highest BCUT2D eigenvalue weighted by Crippen LogP contribution is 2.26. The Kier molecular flexibility index (Phi) is 7.59. The third-order valence-corrected chi connectivity index (χ3v) is 6.72. The number of carbonyl (C=O) groups is 1. The summed E-state index contributed by atoms with van der Waals surface area (Å²) in [6, 6.07) is 14.7. The number of nitro groups is 1. The summed E-state index contributed by atoms with van der Waals surface area (Å²) in [7, 11) is -4.30. The van der Waals surface area contributed by atoms with Gasteiger partial charge < -0.3 is 0 Å². The highest BCUT2D eigenvalue weighted by Gasteiger charge is 2.29. The molecule has 0 fully saturated rings. The Balaban J connectivity index is 1.86. The lowest BCUT2D eigenvalue weighted by Gasteiger charge is -2.24. The van der Waals surface area contributed by atoms with Crippen LogP contribution < -0.4 is 9.73 Å². The molecular weight excluding hydrogens is 487 g/mol. The number of hydrogen-bond acceptors (Lipinski definition) is 6. The van der Waals surface area contributed by atoms with Crippen LogP contribution in [0.5, 0.6) is 0 Å². The molecule has 3 aromatic carbocycles. The van der Waals surface area contributed by atoms with Crippen LogP contribution in [0.25, 0.3) is 0 Å². The molecule has 0 unspecified atom stereocenters. The van der Waals surface area contributed by atoms with Gasteiger partial charge in [-0.15, -0.1) is 0 Å². The first kappa shape index (κ1) is 24.8. The molecule has 176 valence electrons. The molecule has 0 spiro atoms. The summed E-state index contributed by atoms with van der Waals surface area (Å²) in [4.78, 5) is 22.7. The van der Waals surface area contributed by atoms with Crippen molar-refractivity contribution in [1.82, 2.24) is 5.43 Å². The minimum atomic E-state index is -4.30. The molecule has 0 aliphatic heterocycles. The third-order valence-electron chi connectivity index (χ3n) is 4.60. The molecule has 0 saturated carbocycles. The van der Waals surface area contributed by atoms with Gasteiger partial charge >= 0.3 is 0 Å². The Morgan fingerprint density at radius 2 is 1.85 bits per heavy atom. The summed E-state index contributed by atoms with van der Waals surface area (Å²) in [5, 5.41) is 14.8. The summed E-state index contributed by atoms with van der Waals surface area (Å²) in [5.74, 6) is -1.71. The van der Waals surface area contributed by atoms with Gasteiger partial charge in [-0.1, -0.05) is 41.4 Å². The van der Waals surface area contributed by atoms with Crippen LogP contribution in [-0.2, 0) is 14.8 Å². The highest BCUT2D eigenvalue weighted by molar-refractivity contribution is 7.92. The van der Waals surface area contributed by atoms with Crippen LogP contribution in [-0.4, -0.2) is 32.0 Å². The van der Waals surface area contributed by atoms with Gasteiger partial charge in [-0.05, 0) is 37.3 Å². The summed E-state index contributed by atoms with van der Waals surface area (Å²) >= 11 is 5.98. The Bertz CT molecular complexity index is 1360. The lowest BCUT2D eigenvalue weighted by Crippen LogP contribution is -2.40. The molecule has 3 rings (SSSR count). The van der Waals surface area contributed by atoms with Crippen LogP contribution in [0.1, 0.15) is 11.1 Å². The summed E-state index contributed by atoms with van der Waals surface area (Å²) < 4.78 is 41.6. The van der Waals surface area contributed by atoms with Gasteiger partial charge in [0.2, 0.25) is 0 Å². The molecule has 0 aliphatic rings. The molecule has 34 heavy (non-hydrogen) atoms. The van der Waals surface area contributed by atoms with E-state index >= 15 is 0 Å². The predicted octanol–water partition coefficient (Wildman–Crippen LogP) is 4.04. The van der Waals surface area contributed by atoms with E-state index in [1.165, 1.54) is 42.5 Å².